The Balaban J connectivity index is 1.21. The molecule has 0 spiro atoms. The second kappa shape index (κ2) is 24.6. The molecule has 1 fully saturated rings. The topological polar surface area (TPSA) is 204 Å². The van der Waals surface area contributed by atoms with Gasteiger partial charge in [-0.25, -0.2) is 14.1 Å². The summed E-state index contributed by atoms with van der Waals surface area (Å²) in [5.41, 5.74) is 6.38. The van der Waals surface area contributed by atoms with Crippen LogP contribution in [0.2, 0.25) is 5.02 Å². The van der Waals surface area contributed by atoms with Crippen molar-refractivity contribution in [3.63, 3.8) is 0 Å². The number of nitriles is 1. The molecular formula is C42H65ClN5O9P. The summed E-state index contributed by atoms with van der Waals surface area (Å²) in [7, 11) is -4.76. The fourth-order valence-corrected chi connectivity index (χ4v) is 8.66. The maximum absolute atomic E-state index is 13.2. The summed E-state index contributed by atoms with van der Waals surface area (Å²) in [4.78, 5) is 14.8. The molecule has 0 amide bonds. The lowest BCUT2D eigenvalue weighted by Crippen LogP contribution is -2.40. The molecule has 1 aliphatic heterocycles. The molecule has 0 saturated carbocycles. The number of aromatic nitrogens is 3. The van der Waals surface area contributed by atoms with Crippen LogP contribution in [0.4, 0.5) is 5.82 Å². The third-order valence-corrected chi connectivity index (χ3v) is 12.1. The van der Waals surface area contributed by atoms with Gasteiger partial charge in [-0.3, -0.25) is 9.05 Å². The highest BCUT2D eigenvalue weighted by atomic mass is 35.5. The number of phosphoric acid groups is 1. The number of anilines is 1. The molecule has 3 heterocycles. The highest BCUT2D eigenvalue weighted by molar-refractivity contribution is 7.47. The highest BCUT2D eigenvalue weighted by Crippen LogP contribution is 2.48. The monoisotopic (exact) mass is 849 g/mol. The molecule has 0 bridgehead atoms. The molecular weight excluding hydrogens is 785 g/mol. The lowest BCUT2D eigenvalue weighted by molar-refractivity contribution is -0.108. The number of hydrogen-bond acceptors (Lipinski definition) is 12. The number of aliphatic hydroxyl groups excluding tert-OH is 2. The van der Waals surface area contributed by atoms with Crippen molar-refractivity contribution in [1.29, 1.82) is 5.26 Å². The van der Waals surface area contributed by atoms with Crippen LogP contribution in [-0.2, 0) is 40.0 Å². The summed E-state index contributed by atoms with van der Waals surface area (Å²) in [6.07, 6.45) is 15.5. The number of hydrogen-bond donors (Lipinski definition) is 4. The molecule has 1 unspecified atom stereocenters. The van der Waals surface area contributed by atoms with Crippen LogP contribution in [0.5, 0.6) is 0 Å². The molecule has 1 aromatic carbocycles. The van der Waals surface area contributed by atoms with Crippen molar-refractivity contribution in [2.75, 3.05) is 25.6 Å². The average molecular weight is 850 g/mol. The van der Waals surface area contributed by atoms with E-state index in [1.54, 1.807) is 37.3 Å². The predicted octanol–water partition coefficient (Wildman–Crippen LogP) is 8.56. The summed E-state index contributed by atoms with van der Waals surface area (Å²) >= 11 is 6.19. The number of nitrogens with zero attached hydrogens (tertiary/aromatic N) is 4. The van der Waals surface area contributed by atoms with Crippen LogP contribution in [0.25, 0.3) is 5.52 Å². The average Bonchev–Trinajstić information content (AvgIpc) is 3.74. The fraction of sp³-hybridized carbons (Fsp3) is 0.690. The second-order valence-corrected chi connectivity index (χ2v) is 17.5. The normalized spacial score (nSPS) is 21.6. The first kappa shape index (κ1) is 48.0. The highest BCUT2D eigenvalue weighted by Gasteiger charge is 2.56. The third kappa shape index (κ3) is 14.8. The number of fused-ring (bicyclic) bond motifs is 1. The number of nitrogen functional groups attached to an aromatic ring is 1. The van der Waals surface area contributed by atoms with Crippen molar-refractivity contribution in [2.24, 2.45) is 0 Å². The van der Waals surface area contributed by atoms with E-state index in [0.717, 1.165) is 19.3 Å². The Kier molecular flexibility index (Phi) is 20.3. The van der Waals surface area contributed by atoms with Crippen molar-refractivity contribution in [3.05, 3.63) is 58.5 Å². The van der Waals surface area contributed by atoms with E-state index in [2.05, 4.69) is 23.1 Å². The molecule has 14 nitrogen and oxygen atoms in total. The zero-order chi connectivity index (χ0) is 42.0. The van der Waals surface area contributed by atoms with Gasteiger partial charge in [0.2, 0.25) is 0 Å². The van der Waals surface area contributed by atoms with Crippen molar-refractivity contribution in [2.45, 2.75) is 166 Å². The van der Waals surface area contributed by atoms with Gasteiger partial charge >= 0.3 is 7.82 Å². The number of benzene rings is 1. The van der Waals surface area contributed by atoms with Crippen LogP contribution in [0, 0.1) is 11.3 Å². The molecule has 16 heteroatoms. The minimum absolute atomic E-state index is 0.0439. The van der Waals surface area contributed by atoms with Crippen LogP contribution in [-0.4, -0.2) is 80.0 Å². The summed E-state index contributed by atoms with van der Waals surface area (Å²) in [6.45, 7) is 5.52. The zero-order valence-electron chi connectivity index (χ0n) is 34.5. The van der Waals surface area contributed by atoms with Gasteiger partial charge in [0.15, 0.2) is 5.82 Å². The summed E-state index contributed by atoms with van der Waals surface area (Å²) < 4.78 is 43.7. The van der Waals surface area contributed by atoms with Gasteiger partial charge < -0.3 is 35.1 Å². The summed E-state index contributed by atoms with van der Waals surface area (Å²) in [5, 5.41) is 36.1. The van der Waals surface area contributed by atoms with Crippen molar-refractivity contribution >= 4 is 30.8 Å². The first-order valence-electron chi connectivity index (χ1n) is 21.1. The Morgan fingerprint density at radius 2 is 1.60 bits per heavy atom. The zero-order valence-corrected chi connectivity index (χ0v) is 36.1. The molecule has 3 aromatic rings. The van der Waals surface area contributed by atoms with Crippen molar-refractivity contribution < 1.29 is 42.9 Å². The number of aliphatic hydroxyl groups is 2. The van der Waals surface area contributed by atoms with Gasteiger partial charge in [0.25, 0.3) is 0 Å². The smallest absolute Gasteiger partial charge is 0.387 e. The molecule has 5 N–H and O–H groups in total. The number of nitrogens with two attached hydrogens (primary N) is 1. The second-order valence-electron chi connectivity index (χ2n) is 15.6. The summed E-state index contributed by atoms with van der Waals surface area (Å²) in [5.74, 6) is 0.219. The molecule has 2 aromatic heterocycles. The van der Waals surface area contributed by atoms with Crippen molar-refractivity contribution in [1.82, 2.24) is 14.6 Å². The SMILES string of the molecule is CCCCCCCCCCCCCCCCCCOC[C@H](COP(=O)(O)O[C@@H](C)[C@H]1O[C@@](C)(c2ccc3c(N)ncnn23)[C@H](O)[C@@H]1O)OCc1cc(Cl)cc(C#N)c1. The van der Waals surface area contributed by atoms with Gasteiger partial charge in [-0.15, -0.1) is 0 Å². The fourth-order valence-electron chi connectivity index (χ4n) is 7.44. The predicted molar refractivity (Wildman–Crippen MR) is 223 cm³/mol. The van der Waals surface area contributed by atoms with E-state index < -0.39 is 43.9 Å². The van der Waals surface area contributed by atoms with E-state index in [0.29, 0.717) is 34.0 Å². The molecule has 7 atom stereocenters. The van der Waals surface area contributed by atoms with E-state index in [9.17, 15) is 24.9 Å². The largest absolute Gasteiger partial charge is 0.472 e. The number of rotatable bonds is 29. The van der Waals surface area contributed by atoms with Gasteiger partial charge in [-0.2, -0.15) is 10.4 Å². The van der Waals surface area contributed by atoms with Gasteiger partial charge in [0.1, 0.15) is 41.9 Å². The number of phosphoric ester groups is 1. The van der Waals surface area contributed by atoms with E-state index >= 15 is 0 Å². The van der Waals surface area contributed by atoms with Crippen LogP contribution >= 0.6 is 19.4 Å². The van der Waals surface area contributed by atoms with Crippen LogP contribution < -0.4 is 5.73 Å². The first-order valence-corrected chi connectivity index (χ1v) is 22.9. The summed E-state index contributed by atoms with van der Waals surface area (Å²) in [6, 6.07) is 10.3. The molecule has 0 radical (unpaired) electrons. The maximum Gasteiger partial charge on any atom is 0.472 e. The number of unbranched alkanes of at least 4 members (excludes halogenated alkanes) is 15. The molecule has 58 heavy (non-hydrogen) atoms. The van der Waals surface area contributed by atoms with Crippen LogP contribution in [0.15, 0.2) is 36.7 Å². The molecule has 1 aliphatic rings. The van der Waals surface area contributed by atoms with E-state index in [-0.39, 0.29) is 25.6 Å². The molecule has 0 aliphatic carbocycles. The Hall–Kier alpha value is -2.67. The maximum atomic E-state index is 13.2. The number of ether oxygens (including phenoxy) is 3. The Morgan fingerprint density at radius 3 is 2.22 bits per heavy atom. The minimum Gasteiger partial charge on any atom is -0.387 e. The van der Waals surface area contributed by atoms with Gasteiger partial charge in [0, 0.05) is 11.6 Å². The van der Waals surface area contributed by atoms with E-state index in [4.69, 9.17) is 40.6 Å². The Labute approximate surface area is 348 Å². The minimum atomic E-state index is -4.76. The van der Waals surface area contributed by atoms with Crippen molar-refractivity contribution in [3.8, 4) is 6.07 Å². The standard InChI is InChI=1S/C42H65ClN5O9P/c1-4-5-6-7-8-9-10-11-12-13-14-15-16-17-18-19-22-53-28-35(54-27-33-23-32(26-44)24-34(43)25-33)29-55-58(51,52)57-31(2)39-38(49)40(50)42(3,56-39)37-21-20-36-41(45)46-30-47-48(36)37/h20-21,23-25,30-31,35,38-40,49-50H,4-19,22,27-29H2,1-3H3,(H,51,52)(H2,45,46,47)/t31-,35+,38+,39+,40+,42-/m0/s1. The van der Waals surface area contributed by atoms with E-state index in [1.165, 1.54) is 101 Å². The van der Waals surface area contributed by atoms with Crippen LogP contribution in [0.3, 0.4) is 0 Å². The molecule has 324 valence electrons. The van der Waals surface area contributed by atoms with Gasteiger partial charge in [-0.05, 0) is 56.2 Å². The lowest BCUT2D eigenvalue weighted by Gasteiger charge is -2.28. The lowest BCUT2D eigenvalue weighted by atomic mass is 9.92. The van der Waals surface area contributed by atoms with E-state index in [1.807, 2.05) is 0 Å². The Bertz CT molecular complexity index is 1760. The van der Waals surface area contributed by atoms with Gasteiger partial charge in [0.05, 0.1) is 43.3 Å². The quantitative estimate of drug-likeness (QED) is 0.0382. The van der Waals surface area contributed by atoms with Crippen LogP contribution in [0.1, 0.15) is 140 Å². The molecule has 4 rings (SSSR count). The number of halogens is 1. The van der Waals surface area contributed by atoms with Gasteiger partial charge in [-0.1, -0.05) is 115 Å². The molecule has 1 saturated heterocycles. The third-order valence-electron chi connectivity index (χ3n) is 10.8. The first-order chi connectivity index (χ1) is 27.9. The Morgan fingerprint density at radius 1 is 0.983 bits per heavy atom.